The van der Waals surface area contributed by atoms with E-state index in [2.05, 4.69) is 10.2 Å². The molecule has 1 aromatic heterocycles. The smallest absolute Gasteiger partial charge is 0.233 e. The Balaban J connectivity index is 2.76. The van der Waals surface area contributed by atoms with Crippen LogP contribution in [0.2, 0.25) is 0 Å². The van der Waals surface area contributed by atoms with Gasteiger partial charge in [-0.15, -0.1) is 0 Å². The van der Waals surface area contributed by atoms with E-state index in [0.29, 0.717) is 5.56 Å². The Hall–Kier alpha value is -1.64. The van der Waals surface area contributed by atoms with Crippen LogP contribution < -0.4 is 0 Å². The lowest BCUT2D eigenvalue weighted by molar-refractivity contribution is 0.563. The Kier molecular flexibility index (Phi) is 1.22. The van der Waals surface area contributed by atoms with E-state index in [4.69, 9.17) is 0 Å². The number of hydrogen-bond acceptors (Lipinski definition) is 2. The molecule has 0 atom stereocenters. The van der Waals surface area contributed by atoms with Crippen LogP contribution in [0.3, 0.4) is 0 Å². The highest BCUT2D eigenvalue weighted by Gasteiger charge is 1.95. The minimum absolute atomic E-state index is 0.555. The van der Waals surface area contributed by atoms with E-state index in [9.17, 15) is 4.79 Å². The van der Waals surface area contributed by atoms with Crippen molar-refractivity contribution in [2.24, 2.45) is 0 Å². The van der Waals surface area contributed by atoms with Crippen LogP contribution in [0.25, 0.3) is 10.9 Å². The molecule has 0 aliphatic rings. The van der Waals surface area contributed by atoms with Crippen LogP contribution in [-0.2, 0) is 4.79 Å². The van der Waals surface area contributed by atoms with E-state index in [1.54, 1.807) is 18.3 Å². The highest BCUT2D eigenvalue weighted by atomic mass is 16.1. The topological polar surface area (TPSA) is 45.8 Å². The quantitative estimate of drug-likeness (QED) is 0.651. The molecular formula is C8H5N2O. The molecule has 53 valence electrons. The summed E-state index contributed by atoms with van der Waals surface area (Å²) in [5, 5.41) is 7.55. The molecule has 0 bridgehead atoms. The number of rotatable bonds is 1. The molecule has 3 nitrogen and oxygen atoms in total. The number of hydrogen-bond donors (Lipinski definition) is 1. The average molecular weight is 145 g/mol. The Labute approximate surface area is 63.0 Å². The van der Waals surface area contributed by atoms with Gasteiger partial charge in [0.05, 0.1) is 11.7 Å². The number of carbonyl (C=O) groups excluding carboxylic acids is 1. The number of nitrogens with one attached hydrogen (secondary N) is 1. The zero-order chi connectivity index (χ0) is 7.68. The molecule has 0 saturated carbocycles. The van der Waals surface area contributed by atoms with E-state index >= 15 is 0 Å². The van der Waals surface area contributed by atoms with Gasteiger partial charge >= 0.3 is 0 Å². The highest BCUT2D eigenvalue weighted by molar-refractivity contribution is 5.86. The van der Waals surface area contributed by atoms with Crippen LogP contribution in [-0.4, -0.2) is 16.5 Å². The second-order valence-corrected chi connectivity index (χ2v) is 2.27. The van der Waals surface area contributed by atoms with Crippen molar-refractivity contribution < 1.29 is 4.79 Å². The highest BCUT2D eigenvalue weighted by Crippen LogP contribution is 2.10. The monoisotopic (exact) mass is 145 g/mol. The second-order valence-electron chi connectivity index (χ2n) is 2.27. The normalized spacial score (nSPS) is 10.2. The third-order valence-electron chi connectivity index (χ3n) is 1.56. The molecule has 2 rings (SSSR count). The first-order valence-corrected chi connectivity index (χ1v) is 3.21. The largest absolute Gasteiger partial charge is 0.285 e. The van der Waals surface area contributed by atoms with Gasteiger partial charge in [0, 0.05) is 10.9 Å². The van der Waals surface area contributed by atoms with Crippen LogP contribution in [0.5, 0.6) is 0 Å². The van der Waals surface area contributed by atoms with E-state index in [1.165, 1.54) is 0 Å². The van der Waals surface area contributed by atoms with Gasteiger partial charge in [0.25, 0.3) is 0 Å². The summed E-state index contributed by atoms with van der Waals surface area (Å²) in [5.74, 6) is 0. The number of H-pyrrole nitrogens is 1. The molecule has 0 spiro atoms. The van der Waals surface area contributed by atoms with Crippen LogP contribution in [0.15, 0.2) is 24.4 Å². The molecule has 2 aromatic rings. The zero-order valence-electron chi connectivity index (χ0n) is 5.66. The maximum Gasteiger partial charge on any atom is 0.233 e. The summed E-state index contributed by atoms with van der Waals surface area (Å²) >= 11 is 0. The number of fused-ring (bicyclic) bond motifs is 1. The summed E-state index contributed by atoms with van der Waals surface area (Å²) in [4.78, 5) is 10.2. The fourth-order valence-corrected chi connectivity index (χ4v) is 1.01. The summed E-state index contributed by atoms with van der Waals surface area (Å²) in [7, 11) is 0. The lowest BCUT2D eigenvalue weighted by Gasteiger charge is -1.87. The number of aromatic amines is 1. The van der Waals surface area contributed by atoms with E-state index in [-0.39, 0.29) is 0 Å². The van der Waals surface area contributed by atoms with Crippen molar-refractivity contribution in [1.82, 2.24) is 10.2 Å². The summed E-state index contributed by atoms with van der Waals surface area (Å²) < 4.78 is 0. The van der Waals surface area contributed by atoms with Gasteiger partial charge in [-0.1, -0.05) is 0 Å². The number of aromatic nitrogens is 2. The molecule has 1 aromatic carbocycles. The fourth-order valence-electron chi connectivity index (χ4n) is 1.01. The average Bonchev–Trinajstić information content (AvgIpc) is 2.50. The SMILES string of the molecule is O=[C]c1ccc2[nH]ncc2c1. The van der Waals surface area contributed by atoms with Gasteiger partial charge in [0.2, 0.25) is 6.29 Å². The van der Waals surface area contributed by atoms with E-state index < -0.39 is 0 Å². The molecule has 3 heteroatoms. The molecule has 0 aliphatic carbocycles. The van der Waals surface area contributed by atoms with Crippen molar-refractivity contribution in [2.75, 3.05) is 0 Å². The minimum Gasteiger partial charge on any atom is -0.285 e. The zero-order valence-corrected chi connectivity index (χ0v) is 5.66. The van der Waals surface area contributed by atoms with Crippen molar-refractivity contribution in [3.05, 3.63) is 30.0 Å². The van der Waals surface area contributed by atoms with Gasteiger partial charge in [-0.25, -0.2) is 0 Å². The summed E-state index contributed by atoms with van der Waals surface area (Å²) in [6.45, 7) is 0. The Morgan fingerprint density at radius 1 is 1.45 bits per heavy atom. The molecule has 11 heavy (non-hydrogen) atoms. The molecule has 0 aliphatic heterocycles. The summed E-state index contributed by atoms with van der Waals surface area (Å²) in [5.41, 5.74) is 1.49. The first-order chi connectivity index (χ1) is 5.40. The molecule has 0 fully saturated rings. The van der Waals surface area contributed by atoms with Crippen molar-refractivity contribution in [2.45, 2.75) is 0 Å². The van der Waals surface area contributed by atoms with Crippen LogP contribution in [0.4, 0.5) is 0 Å². The van der Waals surface area contributed by atoms with Gasteiger partial charge < -0.3 is 0 Å². The van der Waals surface area contributed by atoms with E-state index in [1.807, 2.05) is 12.4 Å². The van der Waals surface area contributed by atoms with Gasteiger partial charge in [-0.05, 0) is 18.2 Å². The molecule has 1 heterocycles. The second kappa shape index (κ2) is 2.20. The Bertz CT molecular complexity index is 392. The lowest BCUT2D eigenvalue weighted by atomic mass is 10.2. The molecule has 0 saturated heterocycles. The summed E-state index contributed by atoms with van der Waals surface area (Å²) in [6, 6.07) is 5.25. The molecule has 1 N–H and O–H groups in total. The van der Waals surface area contributed by atoms with Gasteiger partial charge in [-0.2, -0.15) is 5.10 Å². The first-order valence-electron chi connectivity index (χ1n) is 3.21. The standard InChI is InChI=1S/C8H5N2O/c11-5-6-1-2-8-7(3-6)4-9-10-8/h1-4H,(H,9,10). The maximum absolute atomic E-state index is 10.2. The van der Waals surface area contributed by atoms with Crippen molar-refractivity contribution in [3.8, 4) is 0 Å². The molecular weight excluding hydrogens is 140 g/mol. The fraction of sp³-hybridized carbons (Fsp3) is 0. The summed E-state index contributed by atoms with van der Waals surface area (Å²) in [6.07, 6.45) is 3.49. The molecule has 1 radical (unpaired) electrons. The van der Waals surface area contributed by atoms with Gasteiger partial charge in [0.1, 0.15) is 0 Å². The van der Waals surface area contributed by atoms with Crippen molar-refractivity contribution >= 4 is 17.2 Å². The minimum atomic E-state index is 0.555. The van der Waals surface area contributed by atoms with Gasteiger partial charge in [-0.3, -0.25) is 9.89 Å². The number of benzene rings is 1. The maximum atomic E-state index is 10.2. The van der Waals surface area contributed by atoms with Crippen LogP contribution >= 0.6 is 0 Å². The third kappa shape index (κ3) is 0.902. The molecule has 0 amide bonds. The third-order valence-corrected chi connectivity index (χ3v) is 1.56. The van der Waals surface area contributed by atoms with Crippen molar-refractivity contribution in [1.29, 1.82) is 0 Å². The van der Waals surface area contributed by atoms with Gasteiger partial charge in [0.15, 0.2) is 0 Å². The number of nitrogens with zero attached hydrogens (tertiary/aromatic N) is 1. The lowest BCUT2D eigenvalue weighted by Crippen LogP contribution is -1.77. The predicted octanol–water partition coefficient (Wildman–Crippen LogP) is 1.02. The van der Waals surface area contributed by atoms with E-state index in [0.717, 1.165) is 10.9 Å². The first kappa shape index (κ1) is 6.09. The van der Waals surface area contributed by atoms with Crippen molar-refractivity contribution in [3.63, 3.8) is 0 Å². The molecule has 0 unspecified atom stereocenters. The van der Waals surface area contributed by atoms with Crippen LogP contribution in [0, 0.1) is 0 Å². The van der Waals surface area contributed by atoms with Crippen LogP contribution in [0.1, 0.15) is 5.56 Å². The Morgan fingerprint density at radius 2 is 2.36 bits per heavy atom. The predicted molar refractivity (Wildman–Crippen MR) is 40.9 cm³/mol. The Morgan fingerprint density at radius 3 is 3.18 bits per heavy atom.